The van der Waals surface area contributed by atoms with E-state index in [4.69, 9.17) is 14.5 Å². The molecule has 3 aliphatic rings. The van der Waals surface area contributed by atoms with E-state index < -0.39 is 0 Å². The summed E-state index contributed by atoms with van der Waals surface area (Å²) in [6.45, 7) is 2.11. The molecule has 45 heavy (non-hydrogen) atoms. The van der Waals surface area contributed by atoms with Gasteiger partial charge in [0.1, 0.15) is 11.5 Å². The van der Waals surface area contributed by atoms with E-state index in [9.17, 15) is 0 Å². The monoisotopic (exact) mass is 761 g/mol. The summed E-state index contributed by atoms with van der Waals surface area (Å²) in [7, 11) is 0. The SMILES string of the molecule is Cc1ccc(-c2[c-]cccc2)nc1.[Ir].[c-]1cc2c3c(c1-c1ccc4c(n1)CCCC4)Oc1ccccc1B3c1ccccc1O2. The molecule has 0 fully saturated rings. The van der Waals surface area contributed by atoms with Gasteiger partial charge >= 0.3 is 0 Å². The summed E-state index contributed by atoms with van der Waals surface area (Å²) in [5.41, 5.74) is 11.0. The molecule has 6 aromatic rings. The van der Waals surface area contributed by atoms with Crippen LogP contribution in [0.3, 0.4) is 0 Å². The Hall–Kier alpha value is -4.51. The van der Waals surface area contributed by atoms with Gasteiger partial charge in [-0.25, -0.2) is 0 Å². The predicted molar refractivity (Wildman–Crippen MR) is 176 cm³/mol. The first-order valence-corrected chi connectivity index (χ1v) is 15.2. The zero-order valence-electron chi connectivity index (χ0n) is 24.8. The Labute approximate surface area is 277 Å². The maximum Gasteiger partial charge on any atom is 0.239 e. The molecule has 6 heteroatoms. The summed E-state index contributed by atoms with van der Waals surface area (Å²) in [5, 5.41) is 0. The summed E-state index contributed by atoms with van der Waals surface area (Å²) < 4.78 is 12.8. The summed E-state index contributed by atoms with van der Waals surface area (Å²) in [5.74, 6) is 3.42. The van der Waals surface area contributed by atoms with E-state index in [0.29, 0.717) is 0 Å². The summed E-state index contributed by atoms with van der Waals surface area (Å²) in [4.78, 5) is 9.36. The molecule has 0 amide bonds. The van der Waals surface area contributed by atoms with Crippen LogP contribution in [0.1, 0.15) is 29.7 Å². The van der Waals surface area contributed by atoms with Gasteiger partial charge in [-0.1, -0.05) is 71.7 Å². The largest absolute Gasteiger partial charge is 0.503 e. The molecule has 221 valence electrons. The second kappa shape index (κ2) is 12.5. The molecule has 1 radical (unpaired) electrons. The fourth-order valence-corrected chi connectivity index (χ4v) is 6.41. The van der Waals surface area contributed by atoms with E-state index in [0.717, 1.165) is 63.8 Å². The smallest absolute Gasteiger partial charge is 0.239 e. The molecule has 0 atom stereocenters. The Kier molecular flexibility index (Phi) is 8.10. The van der Waals surface area contributed by atoms with Crippen LogP contribution in [-0.4, -0.2) is 16.7 Å². The molecule has 2 aromatic heterocycles. The zero-order chi connectivity index (χ0) is 29.5. The average molecular weight is 761 g/mol. The summed E-state index contributed by atoms with van der Waals surface area (Å²) in [6, 6.07) is 41.4. The Bertz CT molecular complexity index is 1990. The van der Waals surface area contributed by atoms with E-state index in [1.54, 1.807) is 0 Å². The van der Waals surface area contributed by atoms with Crippen molar-refractivity contribution >= 4 is 23.1 Å². The Morgan fingerprint density at radius 3 is 2.20 bits per heavy atom. The zero-order valence-corrected chi connectivity index (χ0v) is 27.2. The van der Waals surface area contributed by atoms with E-state index in [1.807, 2.05) is 73.8 Å². The molecule has 0 saturated carbocycles. The van der Waals surface area contributed by atoms with Crippen LogP contribution in [0.2, 0.25) is 0 Å². The average Bonchev–Trinajstić information content (AvgIpc) is 3.09. The van der Waals surface area contributed by atoms with Gasteiger partial charge in [0.15, 0.2) is 0 Å². The molecule has 9 rings (SSSR count). The van der Waals surface area contributed by atoms with Gasteiger partial charge in [0.25, 0.3) is 0 Å². The number of aromatic nitrogens is 2. The van der Waals surface area contributed by atoms with Crippen molar-refractivity contribution in [1.29, 1.82) is 0 Å². The van der Waals surface area contributed by atoms with Crippen LogP contribution in [0.15, 0.2) is 109 Å². The van der Waals surface area contributed by atoms with Gasteiger partial charge in [0, 0.05) is 43.5 Å². The second-order valence-electron chi connectivity index (χ2n) is 11.5. The maximum atomic E-state index is 6.52. The van der Waals surface area contributed by atoms with Gasteiger partial charge in [0.2, 0.25) is 6.71 Å². The Morgan fingerprint density at radius 1 is 0.711 bits per heavy atom. The van der Waals surface area contributed by atoms with Crippen LogP contribution in [0.5, 0.6) is 23.0 Å². The van der Waals surface area contributed by atoms with Crippen molar-refractivity contribution in [3.8, 4) is 45.5 Å². The molecule has 0 N–H and O–H groups in total. The van der Waals surface area contributed by atoms with Gasteiger partial charge in [-0.05, 0) is 78.2 Å². The number of nitrogens with zero attached hydrogens (tertiary/aromatic N) is 2. The molecular formula is C39H29BIrN2O2-2. The normalized spacial score (nSPS) is 13.2. The summed E-state index contributed by atoms with van der Waals surface area (Å²) in [6.07, 6.45) is 6.51. The van der Waals surface area contributed by atoms with E-state index >= 15 is 0 Å². The third kappa shape index (κ3) is 5.50. The fourth-order valence-electron chi connectivity index (χ4n) is 6.41. The molecule has 0 spiro atoms. The topological polar surface area (TPSA) is 44.2 Å². The van der Waals surface area contributed by atoms with Crippen molar-refractivity contribution in [2.75, 3.05) is 0 Å². The molecule has 1 aliphatic carbocycles. The van der Waals surface area contributed by atoms with Crippen molar-refractivity contribution in [2.45, 2.75) is 32.6 Å². The molecule has 0 unspecified atom stereocenters. The number of fused-ring (bicyclic) bond motifs is 5. The Morgan fingerprint density at radius 2 is 1.44 bits per heavy atom. The first-order chi connectivity index (χ1) is 21.7. The Balaban J connectivity index is 0.000000196. The predicted octanol–water partition coefficient (Wildman–Crippen LogP) is 7.01. The maximum absolute atomic E-state index is 6.52. The quantitative estimate of drug-likeness (QED) is 0.141. The van der Waals surface area contributed by atoms with Crippen molar-refractivity contribution in [1.82, 2.24) is 9.97 Å². The molecule has 0 saturated heterocycles. The molecular weight excluding hydrogens is 731 g/mol. The fraction of sp³-hybridized carbons (Fsp3) is 0.128. The van der Waals surface area contributed by atoms with Gasteiger partial charge in [0.05, 0.1) is 0 Å². The third-order valence-corrected chi connectivity index (χ3v) is 8.60. The molecule has 0 bridgehead atoms. The number of benzene rings is 4. The second-order valence-corrected chi connectivity index (χ2v) is 11.5. The molecule has 4 nitrogen and oxygen atoms in total. The number of ether oxygens (including phenoxy) is 2. The van der Waals surface area contributed by atoms with Crippen molar-refractivity contribution in [2.24, 2.45) is 0 Å². The summed E-state index contributed by atoms with van der Waals surface area (Å²) >= 11 is 0. The van der Waals surface area contributed by atoms with E-state index in [1.165, 1.54) is 40.6 Å². The van der Waals surface area contributed by atoms with Gasteiger partial charge in [-0.15, -0.1) is 48.0 Å². The van der Waals surface area contributed by atoms with Gasteiger partial charge < -0.3 is 19.4 Å². The molecule has 4 aromatic carbocycles. The van der Waals surface area contributed by atoms with Crippen LogP contribution in [-0.2, 0) is 32.9 Å². The van der Waals surface area contributed by atoms with Crippen LogP contribution in [0.25, 0.3) is 22.5 Å². The number of hydrogen-bond acceptors (Lipinski definition) is 4. The van der Waals surface area contributed by atoms with Crippen molar-refractivity contribution in [3.63, 3.8) is 0 Å². The number of rotatable bonds is 2. The number of pyridine rings is 2. The number of hydrogen-bond donors (Lipinski definition) is 0. The number of para-hydroxylation sites is 2. The first kappa shape index (κ1) is 29.2. The van der Waals surface area contributed by atoms with Crippen LogP contribution < -0.4 is 25.9 Å². The minimum absolute atomic E-state index is 0. The van der Waals surface area contributed by atoms with Crippen LogP contribution in [0, 0.1) is 19.1 Å². The number of aryl methyl sites for hydroxylation is 3. The van der Waals surface area contributed by atoms with Crippen molar-refractivity contribution in [3.05, 3.63) is 138 Å². The van der Waals surface area contributed by atoms with Crippen LogP contribution in [0.4, 0.5) is 0 Å². The first-order valence-electron chi connectivity index (χ1n) is 15.2. The van der Waals surface area contributed by atoms with E-state index in [-0.39, 0.29) is 26.8 Å². The molecule has 2 aliphatic heterocycles. The molecule has 4 heterocycles. The van der Waals surface area contributed by atoms with Crippen molar-refractivity contribution < 1.29 is 29.6 Å². The van der Waals surface area contributed by atoms with Crippen LogP contribution >= 0.6 is 0 Å². The van der Waals surface area contributed by atoms with Gasteiger partial charge in [-0.3, -0.25) is 0 Å². The van der Waals surface area contributed by atoms with Gasteiger partial charge in [-0.2, -0.15) is 0 Å². The standard InChI is InChI=1S/C27H19BNO2.C12H10N.Ir/c1-4-10-21-17(7-1)13-15-22(29-21)18-14-16-25-26-27(18)31-24-12-6-3-9-20(24)28(26)19-8-2-5-11-23(19)30-25;1-10-7-8-12(13-9-10)11-5-3-2-4-6-11;/h2-3,5-6,8-9,11-13,15-16H,1,4,7,10H2;2-5,7-9H,1H3;/q2*-1;. The van der Waals surface area contributed by atoms with E-state index in [2.05, 4.69) is 59.6 Å². The third-order valence-electron chi connectivity index (χ3n) is 8.60. The minimum atomic E-state index is 0. The minimum Gasteiger partial charge on any atom is -0.503 e.